The summed E-state index contributed by atoms with van der Waals surface area (Å²) in [7, 11) is -3.80. The molecule has 1 aliphatic rings. The molecule has 0 fully saturated rings. The number of esters is 1. The Morgan fingerprint density at radius 2 is 1.81 bits per heavy atom. The third-order valence-electron chi connectivity index (χ3n) is 6.03. The van der Waals surface area contributed by atoms with E-state index < -0.39 is 16.4 Å². The van der Waals surface area contributed by atoms with E-state index in [4.69, 9.17) is 9.16 Å². The second-order valence-corrected chi connectivity index (χ2v) is 18.7. The first kappa shape index (κ1) is 21.0. The fourth-order valence-corrected chi connectivity index (χ4v) is 7.28. The van der Waals surface area contributed by atoms with E-state index in [9.17, 15) is 4.79 Å². The van der Waals surface area contributed by atoms with Crippen LogP contribution in [0.1, 0.15) is 39.7 Å². The van der Waals surface area contributed by atoms with Crippen molar-refractivity contribution in [2.45, 2.75) is 70.9 Å². The van der Waals surface area contributed by atoms with Crippen LogP contribution < -0.4 is 5.19 Å². The summed E-state index contributed by atoms with van der Waals surface area (Å²) >= 11 is 0. The lowest BCUT2D eigenvalue weighted by Gasteiger charge is -2.42. The Labute approximate surface area is 160 Å². The molecule has 26 heavy (non-hydrogen) atoms. The molecule has 2 rings (SSSR count). The van der Waals surface area contributed by atoms with E-state index in [-0.39, 0.29) is 16.5 Å². The Morgan fingerprint density at radius 1 is 1.19 bits per heavy atom. The Bertz CT molecular complexity index is 699. The van der Waals surface area contributed by atoms with Crippen molar-refractivity contribution in [1.82, 2.24) is 0 Å². The van der Waals surface area contributed by atoms with Gasteiger partial charge in [-0.2, -0.15) is 0 Å². The zero-order chi connectivity index (χ0) is 19.8. The molecule has 1 heterocycles. The van der Waals surface area contributed by atoms with Gasteiger partial charge in [0.15, 0.2) is 0 Å². The molecular formula is C21H34O3Si2. The second-order valence-electron chi connectivity index (χ2n) is 9.28. The van der Waals surface area contributed by atoms with E-state index in [0.717, 1.165) is 5.76 Å². The topological polar surface area (TPSA) is 35.5 Å². The van der Waals surface area contributed by atoms with Crippen LogP contribution in [-0.2, 0) is 14.0 Å². The van der Waals surface area contributed by atoms with Crippen LogP contribution in [0.25, 0.3) is 5.76 Å². The molecule has 0 saturated carbocycles. The SMILES string of the molecule is CCOC(=O)CC1C=C(O[Si](C)(C)C(C)(C)C)c2ccccc2[Si]1(C)C. The van der Waals surface area contributed by atoms with E-state index in [2.05, 4.69) is 77.3 Å². The number of carbonyl (C=O) groups excluding carboxylic acids is 1. The van der Waals surface area contributed by atoms with Gasteiger partial charge < -0.3 is 9.16 Å². The summed E-state index contributed by atoms with van der Waals surface area (Å²) in [6.45, 7) is 18.3. The first-order valence-electron chi connectivity index (χ1n) is 9.56. The number of benzene rings is 1. The van der Waals surface area contributed by atoms with Gasteiger partial charge in [0.25, 0.3) is 0 Å². The molecule has 0 bridgehead atoms. The lowest BCUT2D eigenvalue weighted by molar-refractivity contribution is -0.143. The molecule has 0 N–H and O–H groups in total. The van der Waals surface area contributed by atoms with Gasteiger partial charge in [-0.3, -0.25) is 4.79 Å². The average Bonchev–Trinajstić information content (AvgIpc) is 2.51. The second kappa shape index (κ2) is 7.35. The number of hydrogen-bond acceptors (Lipinski definition) is 3. The van der Waals surface area contributed by atoms with Crippen LogP contribution in [0.3, 0.4) is 0 Å². The molecule has 0 saturated heterocycles. The molecule has 1 aromatic rings. The minimum atomic E-state index is -1.96. The Kier molecular flexibility index (Phi) is 5.93. The van der Waals surface area contributed by atoms with Gasteiger partial charge in [0.1, 0.15) is 5.76 Å². The van der Waals surface area contributed by atoms with Gasteiger partial charge in [-0.15, -0.1) is 0 Å². The maximum Gasteiger partial charge on any atom is 0.306 e. The molecule has 0 radical (unpaired) electrons. The maximum absolute atomic E-state index is 12.2. The summed E-state index contributed by atoms with van der Waals surface area (Å²) in [4.78, 5) is 12.2. The minimum absolute atomic E-state index is 0.111. The quantitative estimate of drug-likeness (QED) is 0.505. The largest absolute Gasteiger partial charge is 0.543 e. The molecule has 0 aliphatic carbocycles. The van der Waals surface area contributed by atoms with E-state index in [1.165, 1.54) is 10.8 Å². The van der Waals surface area contributed by atoms with Gasteiger partial charge in [0.05, 0.1) is 14.7 Å². The molecule has 1 aromatic carbocycles. The Morgan fingerprint density at radius 3 is 2.38 bits per heavy atom. The van der Waals surface area contributed by atoms with Crippen molar-refractivity contribution in [1.29, 1.82) is 0 Å². The third kappa shape index (κ3) is 4.14. The summed E-state index contributed by atoms with van der Waals surface area (Å²) in [6.07, 6.45) is 2.66. The van der Waals surface area contributed by atoms with E-state index in [0.29, 0.717) is 13.0 Å². The highest BCUT2D eigenvalue weighted by atomic mass is 28.4. The van der Waals surface area contributed by atoms with Gasteiger partial charge in [-0.1, -0.05) is 58.1 Å². The summed E-state index contributed by atoms with van der Waals surface area (Å²) in [6, 6.07) is 8.58. The molecule has 1 aliphatic heterocycles. The van der Waals surface area contributed by atoms with Gasteiger partial charge in [-0.05, 0) is 41.9 Å². The first-order chi connectivity index (χ1) is 11.9. The molecule has 1 unspecified atom stereocenters. The summed E-state index contributed by atoms with van der Waals surface area (Å²) in [5.41, 5.74) is 1.41. The highest BCUT2D eigenvalue weighted by molar-refractivity contribution is 6.92. The maximum atomic E-state index is 12.2. The van der Waals surface area contributed by atoms with Gasteiger partial charge in [0, 0.05) is 12.0 Å². The number of rotatable bonds is 5. The van der Waals surface area contributed by atoms with Crippen LogP contribution in [0.15, 0.2) is 30.3 Å². The predicted octanol–water partition coefficient (Wildman–Crippen LogP) is 5.30. The molecule has 1 atom stereocenters. The van der Waals surface area contributed by atoms with Crippen molar-refractivity contribution >= 4 is 33.3 Å². The summed E-state index contributed by atoms with van der Waals surface area (Å²) in [5, 5.41) is 1.51. The Hall–Kier alpha value is -1.34. The smallest absolute Gasteiger partial charge is 0.306 e. The molecule has 0 spiro atoms. The number of hydrogen-bond donors (Lipinski definition) is 0. The van der Waals surface area contributed by atoms with Crippen molar-refractivity contribution in [3.05, 3.63) is 35.9 Å². The molecular weight excluding hydrogens is 356 g/mol. The summed E-state index contributed by atoms with van der Waals surface area (Å²) < 4.78 is 11.9. The van der Waals surface area contributed by atoms with Crippen molar-refractivity contribution in [2.75, 3.05) is 6.61 Å². The zero-order valence-corrected chi connectivity index (χ0v) is 19.6. The lowest BCUT2D eigenvalue weighted by atomic mass is 10.1. The fraction of sp³-hybridized carbons (Fsp3) is 0.571. The van der Waals surface area contributed by atoms with Crippen molar-refractivity contribution < 1.29 is 14.0 Å². The van der Waals surface area contributed by atoms with E-state index in [1.807, 2.05) is 6.92 Å². The number of allylic oxidation sites excluding steroid dienone is 1. The Balaban J connectivity index is 2.47. The predicted molar refractivity (Wildman–Crippen MR) is 115 cm³/mol. The monoisotopic (exact) mass is 390 g/mol. The van der Waals surface area contributed by atoms with Crippen molar-refractivity contribution in [2.24, 2.45) is 0 Å². The molecule has 0 aromatic heterocycles. The number of carbonyl (C=O) groups is 1. The molecule has 3 nitrogen and oxygen atoms in total. The first-order valence-corrected chi connectivity index (χ1v) is 15.5. The molecule has 144 valence electrons. The van der Waals surface area contributed by atoms with Crippen LogP contribution in [0.5, 0.6) is 0 Å². The van der Waals surface area contributed by atoms with Crippen LogP contribution in [0.4, 0.5) is 0 Å². The minimum Gasteiger partial charge on any atom is -0.543 e. The van der Waals surface area contributed by atoms with Crippen molar-refractivity contribution in [3.63, 3.8) is 0 Å². The van der Waals surface area contributed by atoms with Crippen LogP contribution in [-0.4, -0.2) is 29.0 Å². The van der Waals surface area contributed by atoms with Crippen LogP contribution in [0.2, 0.25) is 36.8 Å². The normalized spacial score (nSPS) is 19.4. The highest BCUT2D eigenvalue weighted by Crippen LogP contribution is 2.43. The number of ether oxygens (including phenoxy) is 1. The van der Waals surface area contributed by atoms with E-state index >= 15 is 0 Å². The average molecular weight is 391 g/mol. The van der Waals surface area contributed by atoms with Crippen LogP contribution in [0, 0.1) is 0 Å². The fourth-order valence-electron chi connectivity index (χ4n) is 3.17. The molecule has 0 amide bonds. The van der Waals surface area contributed by atoms with Gasteiger partial charge >= 0.3 is 5.97 Å². The third-order valence-corrected chi connectivity index (χ3v) is 14.4. The number of fused-ring (bicyclic) bond motifs is 1. The standard InChI is InChI=1S/C21H34O3Si2/c1-9-23-20(22)15-16-14-18(24-26(7,8)21(2,3)4)17-12-10-11-13-19(17)25(16,5)6/h10-14,16H,9,15H2,1-8H3. The van der Waals surface area contributed by atoms with Gasteiger partial charge in [-0.25, -0.2) is 0 Å². The highest BCUT2D eigenvalue weighted by Gasteiger charge is 2.44. The van der Waals surface area contributed by atoms with Crippen LogP contribution >= 0.6 is 0 Å². The van der Waals surface area contributed by atoms with E-state index in [1.54, 1.807) is 0 Å². The van der Waals surface area contributed by atoms with Gasteiger partial charge in [0.2, 0.25) is 8.32 Å². The summed E-state index contributed by atoms with van der Waals surface area (Å²) in [5.74, 6) is 0.855. The molecule has 5 heteroatoms. The zero-order valence-electron chi connectivity index (χ0n) is 17.6. The lowest BCUT2D eigenvalue weighted by Crippen LogP contribution is -2.51. The van der Waals surface area contributed by atoms with Crippen molar-refractivity contribution in [3.8, 4) is 0 Å².